The predicted molar refractivity (Wildman–Crippen MR) is 63.8 cm³/mol. The van der Waals surface area contributed by atoms with Crippen molar-refractivity contribution in [3.05, 3.63) is 47.5 Å². The predicted octanol–water partition coefficient (Wildman–Crippen LogP) is 2.58. The zero-order valence-corrected chi connectivity index (χ0v) is 9.81. The third-order valence-corrected chi connectivity index (χ3v) is 2.46. The van der Waals surface area contributed by atoms with Crippen LogP contribution in [0.5, 0.6) is 0 Å². The fraction of sp³-hybridized carbons (Fsp3) is 0.0833. The van der Waals surface area contributed by atoms with Gasteiger partial charge in [-0.3, -0.25) is 4.98 Å². The number of esters is 1. The van der Waals surface area contributed by atoms with Crippen molar-refractivity contribution in [3.63, 3.8) is 0 Å². The van der Waals surface area contributed by atoms with Crippen LogP contribution in [0.4, 0.5) is 0 Å². The molecule has 0 radical (unpaired) electrons. The molecule has 0 N–H and O–H groups in total. The minimum absolute atomic E-state index is 0.248. The van der Waals surface area contributed by atoms with Crippen molar-refractivity contribution >= 4 is 17.6 Å². The van der Waals surface area contributed by atoms with Crippen molar-refractivity contribution in [1.29, 1.82) is 0 Å². The van der Waals surface area contributed by atoms with Gasteiger partial charge in [0.15, 0.2) is 0 Å². The summed E-state index contributed by atoms with van der Waals surface area (Å²) in [5, 5.41) is 0.248. The van der Waals surface area contributed by atoms with Gasteiger partial charge in [0.1, 0.15) is 5.15 Å². The van der Waals surface area contributed by atoms with Crippen LogP contribution < -0.4 is 0 Å². The number of carbonyl (C=O) groups is 1. The number of methoxy groups -OCH3 is 1. The molecule has 5 heteroatoms. The molecule has 4 nitrogen and oxygen atoms in total. The summed E-state index contributed by atoms with van der Waals surface area (Å²) in [7, 11) is 1.32. The first kappa shape index (κ1) is 11.5. The second-order valence-electron chi connectivity index (χ2n) is 3.29. The number of nitrogens with zero attached hydrogens (tertiary/aromatic N) is 2. The Hall–Kier alpha value is -1.94. The van der Waals surface area contributed by atoms with E-state index >= 15 is 0 Å². The summed E-state index contributed by atoms with van der Waals surface area (Å²) in [6, 6.07) is 5.10. The summed E-state index contributed by atoms with van der Waals surface area (Å²) in [4.78, 5) is 19.6. The van der Waals surface area contributed by atoms with Crippen molar-refractivity contribution in [2.45, 2.75) is 0 Å². The summed E-state index contributed by atoms with van der Waals surface area (Å²) in [5.74, 6) is -0.451. The lowest BCUT2D eigenvalue weighted by atomic mass is 10.0. The van der Waals surface area contributed by atoms with E-state index in [9.17, 15) is 4.79 Å². The molecule has 0 saturated heterocycles. The van der Waals surface area contributed by atoms with Gasteiger partial charge in [0.25, 0.3) is 0 Å². The number of rotatable bonds is 2. The molecule has 0 aliphatic rings. The van der Waals surface area contributed by atoms with Gasteiger partial charge in [-0.05, 0) is 12.1 Å². The van der Waals surface area contributed by atoms with E-state index in [1.54, 1.807) is 18.5 Å². The molecule has 2 aromatic heterocycles. The van der Waals surface area contributed by atoms with E-state index in [-0.39, 0.29) is 5.15 Å². The quantitative estimate of drug-likeness (QED) is 0.606. The highest BCUT2D eigenvalue weighted by molar-refractivity contribution is 6.29. The Kier molecular flexibility index (Phi) is 3.35. The normalized spacial score (nSPS) is 10.0. The van der Waals surface area contributed by atoms with Gasteiger partial charge in [0.05, 0.1) is 12.7 Å². The van der Waals surface area contributed by atoms with Crippen LogP contribution >= 0.6 is 11.6 Å². The van der Waals surface area contributed by atoms with Gasteiger partial charge >= 0.3 is 5.97 Å². The molecule has 0 spiro atoms. The lowest BCUT2D eigenvalue weighted by molar-refractivity contribution is 0.0601. The molecule has 0 aromatic carbocycles. The molecule has 0 fully saturated rings. The first-order valence-corrected chi connectivity index (χ1v) is 5.24. The average molecular weight is 249 g/mol. The van der Waals surface area contributed by atoms with Gasteiger partial charge in [0.2, 0.25) is 0 Å². The van der Waals surface area contributed by atoms with Crippen LogP contribution in [-0.4, -0.2) is 23.0 Å². The first-order chi connectivity index (χ1) is 8.22. The Labute approximate surface area is 103 Å². The van der Waals surface area contributed by atoms with E-state index in [4.69, 9.17) is 16.3 Å². The highest BCUT2D eigenvalue weighted by Gasteiger charge is 2.14. The van der Waals surface area contributed by atoms with Crippen LogP contribution in [0, 0.1) is 0 Å². The Morgan fingerprint density at radius 1 is 1.41 bits per heavy atom. The fourth-order valence-corrected chi connectivity index (χ4v) is 1.62. The van der Waals surface area contributed by atoms with Gasteiger partial charge in [-0.2, -0.15) is 0 Å². The standard InChI is InChI=1S/C12H9ClN2O2/c1-17-12(16)9-5-11(13)15-7-10(9)8-3-2-4-14-6-8/h2-7H,1H3. The molecule has 0 atom stereocenters. The number of pyridine rings is 2. The van der Waals surface area contributed by atoms with Crippen LogP contribution in [0.1, 0.15) is 10.4 Å². The Bertz CT molecular complexity index is 543. The molecule has 0 bridgehead atoms. The van der Waals surface area contributed by atoms with E-state index in [0.717, 1.165) is 5.56 Å². The maximum atomic E-state index is 11.6. The van der Waals surface area contributed by atoms with Gasteiger partial charge in [0, 0.05) is 29.7 Å². The molecule has 0 aliphatic carbocycles. The van der Waals surface area contributed by atoms with Crippen LogP contribution in [0.15, 0.2) is 36.8 Å². The molecule has 2 heterocycles. The molecule has 0 aliphatic heterocycles. The topological polar surface area (TPSA) is 52.1 Å². The van der Waals surface area contributed by atoms with Crippen LogP contribution in [0.2, 0.25) is 5.15 Å². The lowest BCUT2D eigenvalue weighted by Crippen LogP contribution is -2.04. The lowest BCUT2D eigenvalue weighted by Gasteiger charge is -2.07. The largest absolute Gasteiger partial charge is 0.465 e. The number of hydrogen-bond acceptors (Lipinski definition) is 4. The van der Waals surface area contributed by atoms with E-state index in [2.05, 4.69) is 9.97 Å². The molecule has 0 amide bonds. The molecular formula is C12H9ClN2O2. The average Bonchev–Trinajstić information content (AvgIpc) is 2.38. The zero-order valence-electron chi connectivity index (χ0n) is 9.05. The molecule has 2 rings (SSSR count). The Balaban J connectivity index is 2.58. The second kappa shape index (κ2) is 4.93. The number of ether oxygens (including phenoxy) is 1. The van der Waals surface area contributed by atoms with Crippen molar-refractivity contribution in [3.8, 4) is 11.1 Å². The minimum Gasteiger partial charge on any atom is -0.465 e. The summed E-state index contributed by atoms with van der Waals surface area (Å²) in [6.07, 6.45) is 4.84. The van der Waals surface area contributed by atoms with E-state index in [1.807, 2.05) is 6.07 Å². The first-order valence-electron chi connectivity index (χ1n) is 4.86. The molecular weight excluding hydrogens is 240 g/mol. The van der Waals surface area contributed by atoms with Gasteiger partial charge in [-0.1, -0.05) is 17.7 Å². The number of carbonyl (C=O) groups excluding carboxylic acids is 1. The molecule has 17 heavy (non-hydrogen) atoms. The molecule has 0 unspecified atom stereocenters. The van der Waals surface area contributed by atoms with Gasteiger partial charge < -0.3 is 4.74 Å². The summed E-state index contributed by atoms with van der Waals surface area (Å²) >= 11 is 5.77. The van der Waals surface area contributed by atoms with Crippen molar-refractivity contribution in [2.24, 2.45) is 0 Å². The highest BCUT2D eigenvalue weighted by atomic mass is 35.5. The summed E-state index contributed by atoms with van der Waals surface area (Å²) in [5.41, 5.74) is 1.81. The van der Waals surface area contributed by atoms with E-state index in [1.165, 1.54) is 19.4 Å². The van der Waals surface area contributed by atoms with Crippen molar-refractivity contribution < 1.29 is 9.53 Å². The number of hydrogen-bond donors (Lipinski definition) is 0. The second-order valence-corrected chi connectivity index (χ2v) is 3.67. The van der Waals surface area contributed by atoms with Crippen LogP contribution in [0.25, 0.3) is 11.1 Å². The smallest absolute Gasteiger partial charge is 0.338 e. The highest BCUT2D eigenvalue weighted by Crippen LogP contribution is 2.24. The fourth-order valence-electron chi connectivity index (χ4n) is 1.46. The van der Waals surface area contributed by atoms with E-state index < -0.39 is 5.97 Å². The van der Waals surface area contributed by atoms with Crippen LogP contribution in [-0.2, 0) is 4.74 Å². The minimum atomic E-state index is -0.451. The Morgan fingerprint density at radius 2 is 2.24 bits per heavy atom. The maximum absolute atomic E-state index is 11.6. The Morgan fingerprint density at radius 3 is 2.88 bits per heavy atom. The zero-order chi connectivity index (χ0) is 12.3. The summed E-state index contributed by atoms with van der Waals surface area (Å²) < 4.78 is 4.71. The van der Waals surface area contributed by atoms with Crippen molar-refractivity contribution in [1.82, 2.24) is 9.97 Å². The maximum Gasteiger partial charge on any atom is 0.338 e. The number of halogens is 1. The monoisotopic (exact) mass is 248 g/mol. The van der Waals surface area contributed by atoms with Crippen LogP contribution in [0.3, 0.4) is 0 Å². The van der Waals surface area contributed by atoms with Gasteiger partial charge in [-0.25, -0.2) is 9.78 Å². The summed E-state index contributed by atoms with van der Waals surface area (Å²) in [6.45, 7) is 0. The van der Waals surface area contributed by atoms with Gasteiger partial charge in [-0.15, -0.1) is 0 Å². The number of aromatic nitrogens is 2. The molecule has 2 aromatic rings. The third-order valence-electron chi connectivity index (χ3n) is 2.25. The van der Waals surface area contributed by atoms with E-state index in [0.29, 0.717) is 11.1 Å². The van der Waals surface area contributed by atoms with Crippen molar-refractivity contribution in [2.75, 3.05) is 7.11 Å². The molecule has 86 valence electrons. The SMILES string of the molecule is COC(=O)c1cc(Cl)ncc1-c1cccnc1. The third kappa shape index (κ3) is 2.42. The molecule has 0 saturated carbocycles.